The van der Waals surface area contributed by atoms with Crippen molar-refractivity contribution >= 4 is 21.4 Å². The molecule has 0 aromatic carbocycles. The number of sulfonamides is 1. The predicted molar refractivity (Wildman–Crippen MR) is 73.1 cm³/mol. The van der Waals surface area contributed by atoms with Crippen LogP contribution in [0.15, 0.2) is 40.9 Å². The van der Waals surface area contributed by atoms with E-state index in [4.69, 9.17) is 5.11 Å². The van der Waals surface area contributed by atoms with Gasteiger partial charge in [0.15, 0.2) is 0 Å². The minimum absolute atomic E-state index is 0.146. The minimum atomic E-state index is -3.51. The van der Waals surface area contributed by atoms with Gasteiger partial charge in [-0.25, -0.2) is 8.42 Å². The lowest BCUT2D eigenvalue weighted by atomic mass is 10.3. The Bertz CT molecular complexity index is 638. The number of hydrogen-bond acceptors (Lipinski definition) is 5. The average molecular weight is 298 g/mol. The lowest BCUT2D eigenvalue weighted by Crippen LogP contribution is -2.25. The number of hydrogen-bond donors (Lipinski definition) is 1. The van der Waals surface area contributed by atoms with Crippen molar-refractivity contribution < 1.29 is 13.5 Å². The molecule has 0 saturated carbocycles. The van der Waals surface area contributed by atoms with E-state index in [0.717, 1.165) is 16.9 Å². The molecule has 0 aliphatic carbocycles. The molecule has 0 fully saturated rings. The van der Waals surface area contributed by atoms with Crippen LogP contribution in [0.4, 0.5) is 0 Å². The topological polar surface area (TPSA) is 70.5 Å². The largest absolute Gasteiger partial charge is 0.391 e. The van der Waals surface area contributed by atoms with E-state index in [-0.39, 0.29) is 17.4 Å². The van der Waals surface area contributed by atoms with Crippen LogP contribution in [0.5, 0.6) is 0 Å². The van der Waals surface area contributed by atoms with Crippen LogP contribution in [0, 0.1) is 0 Å². The summed E-state index contributed by atoms with van der Waals surface area (Å²) in [4.78, 5) is 4.59. The first-order valence-electron chi connectivity index (χ1n) is 5.59. The monoisotopic (exact) mass is 298 g/mol. The Morgan fingerprint density at radius 1 is 1.37 bits per heavy atom. The number of aliphatic hydroxyl groups is 1. The fourth-order valence-electron chi connectivity index (χ4n) is 1.57. The summed E-state index contributed by atoms with van der Waals surface area (Å²) in [5.74, 6) is 0. The first-order chi connectivity index (χ1) is 9.04. The highest BCUT2D eigenvalue weighted by Crippen LogP contribution is 2.25. The molecule has 0 unspecified atom stereocenters. The second kappa shape index (κ2) is 5.79. The van der Waals surface area contributed by atoms with E-state index >= 15 is 0 Å². The second-order valence-corrected chi connectivity index (χ2v) is 7.44. The van der Waals surface area contributed by atoms with Crippen molar-refractivity contribution in [2.24, 2.45) is 0 Å². The zero-order valence-corrected chi connectivity index (χ0v) is 12.0. The fraction of sp³-hybridized carbons (Fsp3) is 0.250. The smallest absolute Gasteiger partial charge is 0.252 e. The molecule has 0 aliphatic rings. The Labute approximate surface area is 116 Å². The van der Waals surface area contributed by atoms with Crippen molar-refractivity contribution in [3.63, 3.8) is 0 Å². The normalized spacial score (nSPS) is 11.9. The first kappa shape index (κ1) is 14.1. The lowest BCUT2D eigenvalue weighted by molar-refractivity contribution is 0.285. The van der Waals surface area contributed by atoms with Crippen molar-refractivity contribution in [3.8, 4) is 0 Å². The Kier molecular flexibility index (Phi) is 4.31. The molecule has 7 heteroatoms. The number of aliphatic hydroxyl groups excluding tert-OH is 1. The van der Waals surface area contributed by atoms with Crippen LogP contribution in [0.2, 0.25) is 0 Å². The molecule has 0 atom stereocenters. The molecular weight excluding hydrogens is 284 g/mol. The van der Waals surface area contributed by atoms with Gasteiger partial charge in [0.2, 0.25) is 0 Å². The van der Waals surface area contributed by atoms with Crippen molar-refractivity contribution in [2.45, 2.75) is 17.4 Å². The van der Waals surface area contributed by atoms with Gasteiger partial charge in [0.25, 0.3) is 10.0 Å². The van der Waals surface area contributed by atoms with E-state index in [1.807, 2.05) is 6.07 Å². The third kappa shape index (κ3) is 3.19. The molecular formula is C12H14N2O3S2. The number of nitrogens with zero attached hydrogens (tertiary/aromatic N) is 2. The molecule has 2 heterocycles. The summed E-state index contributed by atoms with van der Waals surface area (Å²) in [6.45, 7) is 0.120. The molecule has 0 amide bonds. The molecule has 19 heavy (non-hydrogen) atoms. The molecule has 0 saturated heterocycles. The Morgan fingerprint density at radius 2 is 2.16 bits per heavy atom. The van der Waals surface area contributed by atoms with Crippen LogP contribution >= 0.6 is 11.3 Å². The fourth-order valence-corrected chi connectivity index (χ4v) is 4.15. The van der Waals surface area contributed by atoms with E-state index in [1.54, 1.807) is 24.5 Å². The molecule has 0 aliphatic heterocycles. The van der Waals surface area contributed by atoms with Crippen molar-refractivity contribution in [1.29, 1.82) is 0 Å². The van der Waals surface area contributed by atoms with E-state index in [9.17, 15) is 8.42 Å². The maximum absolute atomic E-state index is 12.3. The quantitative estimate of drug-likeness (QED) is 0.907. The predicted octanol–water partition coefficient (Wildman–Crippen LogP) is 1.46. The lowest BCUT2D eigenvalue weighted by Gasteiger charge is -2.15. The van der Waals surface area contributed by atoms with E-state index < -0.39 is 10.0 Å². The van der Waals surface area contributed by atoms with Gasteiger partial charge in [-0.05, 0) is 23.8 Å². The van der Waals surface area contributed by atoms with Gasteiger partial charge in [-0.3, -0.25) is 4.98 Å². The molecule has 5 nitrogen and oxygen atoms in total. The summed E-state index contributed by atoms with van der Waals surface area (Å²) >= 11 is 1.08. The van der Waals surface area contributed by atoms with Crippen molar-refractivity contribution in [3.05, 3.63) is 47.1 Å². The molecule has 0 bridgehead atoms. The van der Waals surface area contributed by atoms with Crippen LogP contribution < -0.4 is 0 Å². The molecule has 0 radical (unpaired) electrons. The second-order valence-electron chi connectivity index (χ2n) is 4.00. The van der Waals surface area contributed by atoms with Gasteiger partial charge < -0.3 is 5.11 Å². The van der Waals surface area contributed by atoms with Gasteiger partial charge in [-0.1, -0.05) is 6.07 Å². The summed E-state index contributed by atoms with van der Waals surface area (Å²) in [7, 11) is -1.99. The summed E-state index contributed by atoms with van der Waals surface area (Å²) in [5, 5.41) is 8.98. The highest BCUT2D eigenvalue weighted by molar-refractivity contribution is 7.91. The number of thiophene rings is 1. The SMILES string of the molecule is CN(Cc1cccnc1)S(=O)(=O)c1ccc(CO)s1. The third-order valence-corrected chi connectivity index (χ3v) is 5.93. The number of pyridine rings is 1. The maximum atomic E-state index is 12.3. The van der Waals surface area contributed by atoms with Gasteiger partial charge in [0.05, 0.1) is 6.61 Å². The van der Waals surface area contributed by atoms with Crippen molar-refractivity contribution in [1.82, 2.24) is 9.29 Å². The van der Waals surface area contributed by atoms with Crippen LogP contribution in [-0.2, 0) is 23.2 Å². The molecule has 2 aromatic rings. The van der Waals surface area contributed by atoms with Gasteiger partial charge in [0, 0.05) is 30.9 Å². The highest BCUT2D eigenvalue weighted by atomic mass is 32.2. The van der Waals surface area contributed by atoms with Crippen LogP contribution in [-0.4, -0.2) is 29.9 Å². The van der Waals surface area contributed by atoms with Gasteiger partial charge in [-0.2, -0.15) is 4.31 Å². The Morgan fingerprint density at radius 3 is 2.74 bits per heavy atom. The molecule has 1 N–H and O–H groups in total. The summed E-state index contributed by atoms with van der Waals surface area (Å²) < 4.78 is 26.1. The average Bonchev–Trinajstić information content (AvgIpc) is 2.89. The number of aromatic nitrogens is 1. The molecule has 0 spiro atoms. The molecule has 102 valence electrons. The minimum Gasteiger partial charge on any atom is -0.391 e. The number of rotatable bonds is 5. The zero-order chi connectivity index (χ0) is 13.9. The van der Waals surface area contributed by atoms with E-state index in [1.165, 1.54) is 17.4 Å². The van der Waals surface area contributed by atoms with Gasteiger partial charge >= 0.3 is 0 Å². The molecule has 2 rings (SSSR count). The van der Waals surface area contributed by atoms with E-state index in [0.29, 0.717) is 4.88 Å². The van der Waals surface area contributed by atoms with Gasteiger partial charge in [-0.15, -0.1) is 11.3 Å². The first-order valence-corrected chi connectivity index (χ1v) is 7.84. The van der Waals surface area contributed by atoms with Crippen LogP contribution in [0.3, 0.4) is 0 Å². The van der Waals surface area contributed by atoms with Crippen LogP contribution in [0.25, 0.3) is 0 Å². The van der Waals surface area contributed by atoms with Crippen LogP contribution in [0.1, 0.15) is 10.4 Å². The summed E-state index contributed by atoms with van der Waals surface area (Å²) in [5.41, 5.74) is 0.826. The van der Waals surface area contributed by atoms with Crippen molar-refractivity contribution in [2.75, 3.05) is 7.05 Å². The van der Waals surface area contributed by atoms with Gasteiger partial charge in [0.1, 0.15) is 4.21 Å². The maximum Gasteiger partial charge on any atom is 0.252 e. The molecule has 2 aromatic heterocycles. The highest BCUT2D eigenvalue weighted by Gasteiger charge is 2.22. The Hall–Kier alpha value is -1.28. The summed E-state index contributed by atoms with van der Waals surface area (Å²) in [6, 6.07) is 6.73. The zero-order valence-electron chi connectivity index (χ0n) is 10.4. The Balaban J connectivity index is 2.19. The standard InChI is InChI=1S/C12H14N2O3S2/c1-14(8-10-3-2-6-13-7-10)19(16,17)12-5-4-11(9-15)18-12/h2-7,15H,8-9H2,1H3. The summed E-state index contributed by atoms with van der Waals surface area (Å²) in [6.07, 6.45) is 3.28. The third-order valence-electron chi connectivity index (χ3n) is 2.59. The van der Waals surface area contributed by atoms with E-state index in [2.05, 4.69) is 4.98 Å².